The lowest BCUT2D eigenvalue weighted by Crippen LogP contribution is -2.49. The van der Waals surface area contributed by atoms with Gasteiger partial charge in [0.15, 0.2) is 0 Å². The molecule has 1 saturated heterocycles. The van der Waals surface area contributed by atoms with Crippen LogP contribution in [0.5, 0.6) is 0 Å². The van der Waals surface area contributed by atoms with E-state index >= 15 is 0 Å². The number of nitrogens with zero attached hydrogens (tertiary/aromatic N) is 1. The number of benzene rings is 1. The van der Waals surface area contributed by atoms with Gasteiger partial charge in [-0.05, 0) is 30.5 Å². The van der Waals surface area contributed by atoms with Crippen molar-refractivity contribution in [3.8, 4) is 0 Å². The monoisotopic (exact) mass is 468 g/mol. The third-order valence-electron chi connectivity index (χ3n) is 4.92. The molecular weight excluding hydrogens is 439 g/mol. The predicted molar refractivity (Wildman–Crippen MR) is 114 cm³/mol. The first-order valence-electron chi connectivity index (χ1n) is 9.31. The van der Waals surface area contributed by atoms with Gasteiger partial charge in [-0.3, -0.25) is 0 Å². The Bertz CT molecular complexity index is 496. The Morgan fingerprint density at radius 3 is 2.31 bits per heavy atom. The molecule has 2 rings (SSSR count). The highest BCUT2D eigenvalue weighted by Crippen LogP contribution is 2.37. The lowest BCUT2D eigenvalue weighted by molar-refractivity contribution is -0.0174. The molecule has 1 fully saturated rings. The molecule has 0 saturated carbocycles. The van der Waals surface area contributed by atoms with E-state index in [0.29, 0.717) is 0 Å². The zero-order valence-corrected chi connectivity index (χ0v) is 18.8. The molecule has 7 heteroatoms. The van der Waals surface area contributed by atoms with Crippen LogP contribution in [-0.2, 0) is 3.84 Å². The summed E-state index contributed by atoms with van der Waals surface area (Å²) in [6.45, 7) is 9.51. The fourth-order valence-corrected chi connectivity index (χ4v) is 4.22. The van der Waals surface area contributed by atoms with Crippen molar-refractivity contribution in [1.29, 1.82) is 0 Å². The lowest BCUT2D eigenvalue weighted by atomic mass is 9.76. The third kappa shape index (κ3) is 8.01. The van der Waals surface area contributed by atoms with Crippen LogP contribution in [0.25, 0.3) is 0 Å². The van der Waals surface area contributed by atoms with Crippen LogP contribution < -0.4 is 5.32 Å². The van der Waals surface area contributed by atoms with Crippen molar-refractivity contribution in [1.82, 2.24) is 10.2 Å². The molecule has 0 aliphatic carbocycles. The van der Waals surface area contributed by atoms with Gasteiger partial charge in [0.25, 0.3) is 0 Å². The predicted octanol–water partition coefficient (Wildman–Crippen LogP) is 5.08. The summed E-state index contributed by atoms with van der Waals surface area (Å²) in [5, 5.41) is 14.9. The second kappa shape index (κ2) is 13.3. The van der Waals surface area contributed by atoms with Gasteiger partial charge < -0.3 is 15.3 Å². The van der Waals surface area contributed by atoms with E-state index in [9.17, 15) is 5.11 Å². The molecule has 0 spiro atoms. The van der Waals surface area contributed by atoms with Gasteiger partial charge in [0.1, 0.15) is 0 Å². The molecule has 1 heterocycles. The van der Waals surface area contributed by atoms with Gasteiger partial charge in [-0.15, -0.1) is 0 Å². The summed E-state index contributed by atoms with van der Waals surface area (Å²) in [5.41, 5.74) is 0.636. The van der Waals surface area contributed by atoms with E-state index in [2.05, 4.69) is 91.8 Å². The molecule has 1 aromatic carbocycles. The van der Waals surface area contributed by atoms with Gasteiger partial charge in [0.2, 0.25) is 0 Å². The molecule has 1 aromatic rings. The smallest absolute Gasteiger partial charge is 0.0832 e. The van der Waals surface area contributed by atoms with Crippen molar-refractivity contribution in [2.45, 2.75) is 51.0 Å². The minimum absolute atomic E-state index is 0.165. The van der Waals surface area contributed by atoms with Gasteiger partial charge in [-0.25, -0.2) is 0 Å². The molecule has 0 radical (unpaired) electrons. The number of nitrogens with one attached hydrogen (secondary N) is 1. The molecule has 1 unspecified atom stereocenters. The van der Waals surface area contributed by atoms with Crippen LogP contribution in [0, 0.1) is 0 Å². The average molecular weight is 470 g/mol. The summed E-state index contributed by atoms with van der Waals surface area (Å²) in [6, 6.07) is 8.50. The minimum Gasteiger partial charge on any atom is -0.389 e. The van der Waals surface area contributed by atoms with Crippen LogP contribution >= 0.6 is 39.7 Å². The number of rotatable bonds is 8. The fraction of sp³-hybridized carbons (Fsp3) is 0.684. The maximum atomic E-state index is 11.5. The molecule has 1 aliphatic heterocycles. The van der Waals surface area contributed by atoms with Crippen molar-refractivity contribution < 1.29 is 8.95 Å². The van der Waals surface area contributed by atoms with Crippen LogP contribution in [0.15, 0.2) is 28.7 Å². The fourth-order valence-electron chi connectivity index (χ4n) is 3.80. The molecular formula is C19H31BrCl2N2O2. The van der Waals surface area contributed by atoms with E-state index in [4.69, 9.17) is 0 Å². The van der Waals surface area contributed by atoms with E-state index in [1.165, 1.54) is 5.56 Å². The summed E-state index contributed by atoms with van der Waals surface area (Å²) in [5.74, 6) is 0.165. The quantitative estimate of drug-likeness (QED) is 0.557. The Morgan fingerprint density at radius 1 is 1.23 bits per heavy atom. The Hall–Kier alpha value is 0.120. The van der Waals surface area contributed by atoms with Crippen LogP contribution in [0.4, 0.5) is 0 Å². The van der Waals surface area contributed by atoms with Gasteiger partial charge >= 0.3 is 0 Å². The normalized spacial score (nSPS) is 16.7. The van der Waals surface area contributed by atoms with Crippen molar-refractivity contribution in [3.63, 3.8) is 0 Å². The molecule has 150 valence electrons. The molecule has 4 nitrogen and oxygen atoms in total. The number of halogens is 3. The molecule has 2 N–H and O–H groups in total. The van der Waals surface area contributed by atoms with E-state index < -0.39 is 5.60 Å². The highest BCUT2D eigenvalue weighted by Gasteiger charge is 2.37. The van der Waals surface area contributed by atoms with Crippen molar-refractivity contribution in [3.05, 3.63) is 34.3 Å². The third-order valence-corrected chi connectivity index (χ3v) is 5.41. The van der Waals surface area contributed by atoms with E-state index in [1.54, 1.807) is 0 Å². The van der Waals surface area contributed by atoms with Crippen molar-refractivity contribution in [2.24, 2.45) is 0 Å². The van der Waals surface area contributed by atoms with Crippen LogP contribution in [0.2, 0.25) is 0 Å². The average Bonchev–Trinajstić information content (AvgIpc) is 2.61. The van der Waals surface area contributed by atoms with E-state index in [1.807, 2.05) is 0 Å². The number of hydrogen-bond acceptors (Lipinski definition) is 4. The zero-order chi connectivity index (χ0) is 19.4. The highest BCUT2D eigenvalue weighted by molar-refractivity contribution is 9.10. The first-order valence-corrected chi connectivity index (χ1v) is 10.7. The molecule has 1 atom stereocenters. The number of piperazine rings is 1. The summed E-state index contributed by atoms with van der Waals surface area (Å²) in [6.07, 6.45) is 3.76. The van der Waals surface area contributed by atoms with Crippen molar-refractivity contribution >= 4 is 39.7 Å². The van der Waals surface area contributed by atoms with Gasteiger partial charge in [-0.2, -0.15) is 3.84 Å². The van der Waals surface area contributed by atoms with Crippen LogP contribution in [-0.4, -0.2) is 48.3 Å². The van der Waals surface area contributed by atoms with Gasteiger partial charge in [-0.1, -0.05) is 54.8 Å². The van der Waals surface area contributed by atoms with Crippen molar-refractivity contribution in [2.75, 3.05) is 32.7 Å². The lowest BCUT2D eigenvalue weighted by Gasteiger charge is -2.40. The summed E-state index contributed by atoms with van der Waals surface area (Å²) in [4.78, 5) is 2.50. The molecule has 1 aliphatic rings. The minimum atomic E-state index is -0.616. The molecule has 0 amide bonds. The summed E-state index contributed by atoms with van der Waals surface area (Å²) < 4.78 is 4.29. The maximum Gasteiger partial charge on any atom is 0.0832 e. The Balaban J connectivity index is 0.00000105. The molecule has 0 bridgehead atoms. The summed E-state index contributed by atoms with van der Waals surface area (Å²) >= 11 is 12.1. The SMILES string of the molecule is CCCC(O)(CCC)C(CN1CCNCC1)c1cccc(Br)c1.ClOCl. The summed E-state index contributed by atoms with van der Waals surface area (Å²) in [7, 11) is 0. The largest absolute Gasteiger partial charge is 0.389 e. The molecule has 26 heavy (non-hydrogen) atoms. The topological polar surface area (TPSA) is 44.7 Å². The zero-order valence-electron chi connectivity index (χ0n) is 15.7. The Morgan fingerprint density at radius 2 is 1.81 bits per heavy atom. The molecule has 0 aromatic heterocycles. The maximum absolute atomic E-state index is 11.5. The standard InChI is InChI=1S/C19H31BrN2O.Cl2O/c1-3-8-19(23,9-4-2)18(15-22-12-10-21-11-13-22)16-6-5-7-17(20)14-16;1-3-2/h5-7,14,18,21,23H,3-4,8-13,15H2,1-2H3;. The Labute approximate surface area is 176 Å². The highest BCUT2D eigenvalue weighted by atomic mass is 79.9. The number of hydrogen-bond donors (Lipinski definition) is 2. The van der Waals surface area contributed by atoms with E-state index in [-0.39, 0.29) is 5.92 Å². The second-order valence-electron chi connectivity index (χ2n) is 6.82. The first-order chi connectivity index (χ1) is 12.5. The second-order valence-corrected chi connectivity index (χ2v) is 8.20. The van der Waals surface area contributed by atoms with Gasteiger partial charge in [0, 0.05) is 43.1 Å². The van der Waals surface area contributed by atoms with Crippen LogP contribution in [0.3, 0.4) is 0 Å². The van der Waals surface area contributed by atoms with Gasteiger partial charge in [0.05, 0.1) is 29.3 Å². The van der Waals surface area contributed by atoms with E-state index in [0.717, 1.165) is 62.9 Å². The van der Waals surface area contributed by atoms with Crippen LogP contribution in [0.1, 0.15) is 51.0 Å². The number of aliphatic hydroxyl groups is 1. The Kier molecular flexibility index (Phi) is 12.4. The first kappa shape index (κ1) is 24.2.